The van der Waals surface area contributed by atoms with Crippen LogP contribution in [0.5, 0.6) is 5.75 Å². The van der Waals surface area contributed by atoms with Gasteiger partial charge in [-0.25, -0.2) is 0 Å². The van der Waals surface area contributed by atoms with Gasteiger partial charge in [0.15, 0.2) is 0 Å². The third-order valence-corrected chi connectivity index (χ3v) is 3.07. The third kappa shape index (κ3) is 2.37. The molecule has 0 fully saturated rings. The van der Waals surface area contributed by atoms with E-state index in [-0.39, 0.29) is 0 Å². The minimum Gasteiger partial charge on any atom is -0.495 e. The predicted molar refractivity (Wildman–Crippen MR) is 72.6 cm³/mol. The summed E-state index contributed by atoms with van der Waals surface area (Å²) in [6.07, 6.45) is 0. The minimum absolute atomic E-state index is 0.614. The highest BCUT2D eigenvalue weighted by Crippen LogP contribution is 2.31. The van der Waals surface area contributed by atoms with Crippen molar-refractivity contribution in [2.45, 2.75) is 6.92 Å². The number of methoxy groups -OCH3 is 1. The lowest BCUT2D eigenvalue weighted by molar-refractivity contribution is 0.415. The molecule has 0 amide bonds. The van der Waals surface area contributed by atoms with Crippen molar-refractivity contribution < 1.29 is 4.74 Å². The lowest BCUT2D eigenvalue weighted by Gasteiger charge is -2.08. The van der Waals surface area contributed by atoms with Gasteiger partial charge in [0.1, 0.15) is 5.75 Å². The van der Waals surface area contributed by atoms with E-state index in [0.29, 0.717) is 10.8 Å². The summed E-state index contributed by atoms with van der Waals surface area (Å²) in [4.78, 5) is 0. The fraction of sp³-hybridized carbons (Fsp3) is 0.143. The Bertz CT molecular complexity index is 552. The number of anilines is 1. The van der Waals surface area contributed by atoms with Gasteiger partial charge in [0, 0.05) is 5.69 Å². The highest BCUT2D eigenvalue weighted by molar-refractivity contribution is 6.32. The van der Waals surface area contributed by atoms with E-state index in [1.807, 2.05) is 37.3 Å². The highest BCUT2D eigenvalue weighted by atomic mass is 35.5. The van der Waals surface area contributed by atoms with Gasteiger partial charge in [-0.3, -0.25) is 0 Å². The van der Waals surface area contributed by atoms with E-state index in [4.69, 9.17) is 22.1 Å². The first kappa shape index (κ1) is 11.8. The summed E-state index contributed by atoms with van der Waals surface area (Å²) in [5.74, 6) is 0.679. The molecule has 0 spiro atoms. The van der Waals surface area contributed by atoms with Crippen molar-refractivity contribution in [2.75, 3.05) is 12.8 Å². The second-order valence-electron chi connectivity index (χ2n) is 3.92. The Balaban J connectivity index is 2.49. The molecule has 0 bridgehead atoms. The molecular weight excluding hydrogens is 234 g/mol. The van der Waals surface area contributed by atoms with Crippen molar-refractivity contribution >= 4 is 17.3 Å². The van der Waals surface area contributed by atoms with E-state index in [9.17, 15) is 0 Å². The van der Waals surface area contributed by atoms with Crippen LogP contribution in [0.25, 0.3) is 11.1 Å². The summed E-state index contributed by atoms with van der Waals surface area (Å²) in [6.45, 7) is 1.99. The summed E-state index contributed by atoms with van der Waals surface area (Å²) in [7, 11) is 1.61. The first-order chi connectivity index (χ1) is 8.11. The van der Waals surface area contributed by atoms with E-state index in [0.717, 1.165) is 22.4 Å². The summed E-state index contributed by atoms with van der Waals surface area (Å²) in [5.41, 5.74) is 9.84. The average Bonchev–Trinajstić information content (AvgIpc) is 2.33. The Morgan fingerprint density at radius 2 is 1.71 bits per heavy atom. The van der Waals surface area contributed by atoms with Crippen molar-refractivity contribution in [3.63, 3.8) is 0 Å². The summed E-state index contributed by atoms with van der Waals surface area (Å²) < 4.78 is 5.20. The zero-order chi connectivity index (χ0) is 12.4. The SMILES string of the molecule is COc1cc(-c2ccc(N)c(C)c2)ccc1Cl. The normalized spacial score (nSPS) is 10.3. The molecule has 2 aromatic rings. The standard InChI is InChI=1S/C14H14ClNO/c1-9-7-10(4-6-13(9)16)11-3-5-12(15)14(8-11)17-2/h3-8H,16H2,1-2H3. The van der Waals surface area contributed by atoms with Crippen LogP contribution in [0.2, 0.25) is 5.02 Å². The number of benzene rings is 2. The van der Waals surface area contributed by atoms with Gasteiger partial charge in [0.05, 0.1) is 12.1 Å². The van der Waals surface area contributed by atoms with Crippen LogP contribution in [0.1, 0.15) is 5.56 Å². The first-order valence-electron chi connectivity index (χ1n) is 5.32. The average molecular weight is 248 g/mol. The topological polar surface area (TPSA) is 35.2 Å². The van der Waals surface area contributed by atoms with Crippen molar-refractivity contribution in [1.82, 2.24) is 0 Å². The zero-order valence-electron chi connectivity index (χ0n) is 9.83. The predicted octanol–water partition coefficient (Wildman–Crippen LogP) is 3.91. The number of aryl methyl sites for hydroxylation is 1. The first-order valence-corrected chi connectivity index (χ1v) is 5.69. The number of rotatable bonds is 2. The molecule has 0 heterocycles. The van der Waals surface area contributed by atoms with Crippen LogP contribution in [0, 0.1) is 6.92 Å². The molecule has 0 saturated carbocycles. The van der Waals surface area contributed by atoms with Gasteiger partial charge in [0.25, 0.3) is 0 Å². The van der Waals surface area contributed by atoms with E-state index in [2.05, 4.69) is 6.07 Å². The molecule has 17 heavy (non-hydrogen) atoms. The van der Waals surface area contributed by atoms with Crippen LogP contribution in [0.4, 0.5) is 5.69 Å². The van der Waals surface area contributed by atoms with Crippen molar-refractivity contribution in [1.29, 1.82) is 0 Å². The molecule has 0 aliphatic rings. The zero-order valence-corrected chi connectivity index (χ0v) is 10.6. The molecule has 0 saturated heterocycles. The van der Waals surface area contributed by atoms with Crippen LogP contribution in [-0.4, -0.2) is 7.11 Å². The summed E-state index contributed by atoms with van der Waals surface area (Å²) in [5, 5.41) is 0.614. The Hall–Kier alpha value is -1.67. The minimum atomic E-state index is 0.614. The number of halogens is 1. The van der Waals surface area contributed by atoms with Crippen LogP contribution < -0.4 is 10.5 Å². The van der Waals surface area contributed by atoms with Crippen molar-refractivity contribution in [3.8, 4) is 16.9 Å². The number of ether oxygens (including phenoxy) is 1. The van der Waals surface area contributed by atoms with Gasteiger partial charge in [-0.2, -0.15) is 0 Å². The Morgan fingerprint density at radius 1 is 1.06 bits per heavy atom. The fourth-order valence-electron chi connectivity index (χ4n) is 1.69. The summed E-state index contributed by atoms with van der Waals surface area (Å²) in [6, 6.07) is 11.7. The summed E-state index contributed by atoms with van der Waals surface area (Å²) >= 11 is 6.00. The van der Waals surface area contributed by atoms with Crippen molar-refractivity contribution in [3.05, 3.63) is 47.0 Å². The van der Waals surface area contributed by atoms with Gasteiger partial charge >= 0.3 is 0 Å². The maximum Gasteiger partial charge on any atom is 0.138 e. The molecular formula is C14H14ClNO. The van der Waals surface area contributed by atoms with Crippen molar-refractivity contribution in [2.24, 2.45) is 0 Å². The van der Waals surface area contributed by atoms with Crippen LogP contribution in [-0.2, 0) is 0 Å². The van der Waals surface area contributed by atoms with Gasteiger partial charge in [-0.05, 0) is 47.9 Å². The van der Waals surface area contributed by atoms with Gasteiger partial charge in [-0.15, -0.1) is 0 Å². The Morgan fingerprint density at radius 3 is 2.35 bits per heavy atom. The molecule has 0 radical (unpaired) electrons. The molecule has 0 aliphatic heterocycles. The van der Waals surface area contributed by atoms with E-state index >= 15 is 0 Å². The van der Waals surface area contributed by atoms with E-state index in [1.54, 1.807) is 7.11 Å². The van der Waals surface area contributed by atoms with Gasteiger partial charge in [0.2, 0.25) is 0 Å². The molecule has 2 nitrogen and oxygen atoms in total. The Kier molecular flexibility index (Phi) is 3.25. The highest BCUT2D eigenvalue weighted by Gasteiger charge is 2.05. The van der Waals surface area contributed by atoms with E-state index in [1.165, 1.54) is 0 Å². The molecule has 0 aliphatic carbocycles. The molecule has 0 atom stereocenters. The van der Waals surface area contributed by atoms with Gasteiger partial charge in [-0.1, -0.05) is 23.7 Å². The number of nitrogen functional groups attached to an aromatic ring is 1. The molecule has 2 rings (SSSR count). The molecule has 2 N–H and O–H groups in total. The fourth-order valence-corrected chi connectivity index (χ4v) is 1.89. The smallest absolute Gasteiger partial charge is 0.138 e. The van der Waals surface area contributed by atoms with Gasteiger partial charge < -0.3 is 10.5 Å². The van der Waals surface area contributed by atoms with E-state index < -0.39 is 0 Å². The van der Waals surface area contributed by atoms with Crippen LogP contribution in [0.15, 0.2) is 36.4 Å². The lowest BCUT2D eigenvalue weighted by atomic mass is 10.0. The Labute approximate surface area is 106 Å². The largest absolute Gasteiger partial charge is 0.495 e. The second kappa shape index (κ2) is 4.68. The molecule has 2 aromatic carbocycles. The molecule has 0 unspecified atom stereocenters. The quantitative estimate of drug-likeness (QED) is 0.817. The number of hydrogen-bond acceptors (Lipinski definition) is 2. The second-order valence-corrected chi connectivity index (χ2v) is 4.33. The molecule has 0 aromatic heterocycles. The van der Waals surface area contributed by atoms with Crippen LogP contribution >= 0.6 is 11.6 Å². The maximum atomic E-state index is 6.00. The monoisotopic (exact) mass is 247 g/mol. The molecule has 3 heteroatoms. The number of hydrogen-bond donors (Lipinski definition) is 1. The maximum absolute atomic E-state index is 6.00. The van der Waals surface area contributed by atoms with Crippen LogP contribution in [0.3, 0.4) is 0 Å². The number of nitrogens with two attached hydrogens (primary N) is 1. The third-order valence-electron chi connectivity index (χ3n) is 2.75. The lowest BCUT2D eigenvalue weighted by Crippen LogP contribution is -1.90. The molecule has 88 valence electrons.